The molecule has 1 aliphatic rings. The van der Waals surface area contributed by atoms with E-state index in [-0.39, 0.29) is 10.8 Å². The minimum absolute atomic E-state index is 0.0641. The molecule has 1 aliphatic heterocycles. The fourth-order valence-corrected chi connectivity index (χ4v) is 3.62. The zero-order chi connectivity index (χ0) is 15.6. The van der Waals surface area contributed by atoms with Crippen molar-refractivity contribution in [2.24, 2.45) is 0 Å². The van der Waals surface area contributed by atoms with Crippen LogP contribution in [0.1, 0.15) is 17.9 Å². The first kappa shape index (κ1) is 15.0. The van der Waals surface area contributed by atoms with Crippen LogP contribution in [0.5, 0.6) is 5.75 Å². The number of ether oxygens (including phenoxy) is 1. The molecule has 0 saturated heterocycles. The third kappa shape index (κ3) is 3.13. The van der Waals surface area contributed by atoms with E-state index in [0.29, 0.717) is 13.2 Å². The van der Waals surface area contributed by atoms with Crippen molar-refractivity contribution in [2.45, 2.75) is 17.2 Å². The number of sulfonamides is 1. The highest BCUT2D eigenvalue weighted by atomic mass is 32.2. The molecular weight excluding hydrogens is 305 g/mol. The van der Waals surface area contributed by atoms with Crippen molar-refractivity contribution in [3.8, 4) is 5.75 Å². The highest BCUT2D eigenvalue weighted by Crippen LogP contribution is 2.33. The maximum Gasteiger partial charge on any atom is 0.240 e. The molecule has 1 atom stereocenters. The van der Waals surface area contributed by atoms with Crippen LogP contribution < -0.4 is 9.46 Å². The fourth-order valence-electron chi connectivity index (χ4n) is 2.54. The maximum atomic E-state index is 12.9. The average molecular weight is 321 g/mol. The predicted octanol–water partition coefficient (Wildman–Crippen LogP) is 2.67. The van der Waals surface area contributed by atoms with Gasteiger partial charge in [-0.05, 0) is 42.3 Å². The fraction of sp³-hybridized carbons (Fsp3) is 0.250. The van der Waals surface area contributed by atoms with Gasteiger partial charge in [-0.3, -0.25) is 0 Å². The van der Waals surface area contributed by atoms with Crippen LogP contribution in [0.25, 0.3) is 0 Å². The molecule has 0 amide bonds. The molecule has 6 heteroatoms. The lowest BCUT2D eigenvalue weighted by molar-refractivity contribution is 0.267. The third-order valence-electron chi connectivity index (χ3n) is 3.73. The molecule has 1 unspecified atom stereocenters. The summed E-state index contributed by atoms with van der Waals surface area (Å²) >= 11 is 0. The van der Waals surface area contributed by atoms with Gasteiger partial charge in [0.15, 0.2) is 0 Å². The number of benzene rings is 2. The van der Waals surface area contributed by atoms with E-state index in [1.54, 1.807) is 0 Å². The van der Waals surface area contributed by atoms with Crippen molar-refractivity contribution in [1.29, 1.82) is 0 Å². The number of fused-ring (bicyclic) bond motifs is 1. The molecule has 22 heavy (non-hydrogen) atoms. The number of halogens is 1. The van der Waals surface area contributed by atoms with E-state index < -0.39 is 15.8 Å². The molecule has 3 rings (SSSR count). The van der Waals surface area contributed by atoms with E-state index in [4.69, 9.17) is 4.74 Å². The Morgan fingerprint density at radius 3 is 2.64 bits per heavy atom. The Hall–Kier alpha value is -1.92. The second kappa shape index (κ2) is 6.06. The highest BCUT2D eigenvalue weighted by Gasteiger charge is 2.23. The average Bonchev–Trinajstić information content (AvgIpc) is 2.53. The molecule has 2 aromatic carbocycles. The molecule has 0 bridgehead atoms. The molecular formula is C16H16FNO3S. The minimum atomic E-state index is -3.64. The van der Waals surface area contributed by atoms with Gasteiger partial charge in [-0.2, -0.15) is 0 Å². The van der Waals surface area contributed by atoms with E-state index in [0.717, 1.165) is 29.9 Å². The molecule has 0 spiro atoms. The molecule has 0 aliphatic carbocycles. The summed E-state index contributed by atoms with van der Waals surface area (Å²) in [4.78, 5) is 0.0641. The summed E-state index contributed by atoms with van der Waals surface area (Å²) < 4.78 is 45.5. The summed E-state index contributed by atoms with van der Waals surface area (Å²) in [5, 5.41) is 0. The van der Waals surface area contributed by atoms with E-state index in [9.17, 15) is 12.8 Å². The van der Waals surface area contributed by atoms with Crippen molar-refractivity contribution in [1.82, 2.24) is 4.72 Å². The number of hydrogen-bond acceptors (Lipinski definition) is 3. The van der Waals surface area contributed by atoms with Crippen molar-refractivity contribution in [3.63, 3.8) is 0 Å². The van der Waals surface area contributed by atoms with Gasteiger partial charge in [0.05, 0.1) is 11.5 Å². The van der Waals surface area contributed by atoms with Gasteiger partial charge in [-0.25, -0.2) is 17.5 Å². The molecule has 0 fully saturated rings. The first-order chi connectivity index (χ1) is 10.6. The van der Waals surface area contributed by atoms with Crippen LogP contribution in [0.2, 0.25) is 0 Å². The molecule has 1 heterocycles. The normalized spacial score (nSPS) is 17.6. The minimum Gasteiger partial charge on any atom is -0.493 e. The summed E-state index contributed by atoms with van der Waals surface area (Å²) in [6, 6.07) is 12.4. The number of nitrogens with one attached hydrogen (secondary N) is 1. The number of rotatable bonds is 4. The summed E-state index contributed by atoms with van der Waals surface area (Å²) in [6.07, 6.45) is 0.753. The van der Waals surface area contributed by atoms with Crippen LogP contribution >= 0.6 is 0 Å². The van der Waals surface area contributed by atoms with E-state index in [1.807, 2.05) is 24.3 Å². The van der Waals surface area contributed by atoms with Crippen LogP contribution in [0.15, 0.2) is 53.4 Å². The van der Waals surface area contributed by atoms with Gasteiger partial charge < -0.3 is 4.74 Å². The second-order valence-corrected chi connectivity index (χ2v) is 6.94. The first-order valence-corrected chi connectivity index (χ1v) is 8.51. The first-order valence-electron chi connectivity index (χ1n) is 7.03. The molecule has 0 saturated carbocycles. The van der Waals surface area contributed by atoms with Crippen molar-refractivity contribution in [2.75, 3.05) is 13.2 Å². The summed E-state index contributed by atoms with van der Waals surface area (Å²) in [5.74, 6) is 0.414. The van der Waals surface area contributed by atoms with Gasteiger partial charge in [-0.15, -0.1) is 0 Å². The zero-order valence-corrected chi connectivity index (χ0v) is 12.6. The van der Waals surface area contributed by atoms with Crippen LogP contribution in [0, 0.1) is 5.82 Å². The second-order valence-electron chi connectivity index (χ2n) is 5.18. The summed E-state index contributed by atoms with van der Waals surface area (Å²) in [7, 11) is -3.64. The Balaban J connectivity index is 1.74. The molecule has 116 valence electrons. The third-order valence-corrected chi connectivity index (χ3v) is 5.17. The highest BCUT2D eigenvalue weighted by molar-refractivity contribution is 7.89. The van der Waals surface area contributed by atoms with Crippen LogP contribution in [0.3, 0.4) is 0 Å². The van der Waals surface area contributed by atoms with Crippen molar-refractivity contribution in [3.05, 3.63) is 59.9 Å². The van der Waals surface area contributed by atoms with E-state index in [1.165, 1.54) is 12.1 Å². The van der Waals surface area contributed by atoms with Gasteiger partial charge in [0, 0.05) is 12.5 Å². The smallest absolute Gasteiger partial charge is 0.240 e. The Labute approximate surface area is 129 Å². The largest absolute Gasteiger partial charge is 0.493 e. The lowest BCUT2D eigenvalue weighted by Gasteiger charge is -2.25. The number of hydrogen-bond donors (Lipinski definition) is 1. The van der Waals surface area contributed by atoms with E-state index in [2.05, 4.69) is 4.72 Å². The quantitative estimate of drug-likeness (QED) is 0.942. The van der Waals surface area contributed by atoms with Gasteiger partial charge in [0.2, 0.25) is 10.0 Å². The molecule has 2 aromatic rings. The molecule has 0 radical (unpaired) electrons. The Morgan fingerprint density at radius 2 is 1.86 bits per heavy atom. The Morgan fingerprint density at radius 1 is 1.14 bits per heavy atom. The number of para-hydroxylation sites is 1. The van der Waals surface area contributed by atoms with Crippen LogP contribution in [-0.4, -0.2) is 21.6 Å². The SMILES string of the molecule is O=S(=O)(NCC1CCOc2ccccc21)c1ccc(F)cc1. The lowest BCUT2D eigenvalue weighted by atomic mass is 9.93. The van der Waals surface area contributed by atoms with Gasteiger partial charge in [0.1, 0.15) is 11.6 Å². The molecule has 1 N–H and O–H groups in total. The molecule has 4 nitrogen and oxygen atoms in total. The predicted molar refractivity (Wildman–Crippen MR) is 80.9 cm³/mol. The van der Waals surface area contributed by atoms with Crippen LogP contribution in [0.4, 0.5) is 4.39 Å². The van der Waals surface area contributed by atoms with Crippen molar-refractivity contribution < 1.29 is 17.5 Å². The monoisotopic (exact) mass is 321 g/mol. The zero-order valence-electron chi connectivity index (χ0n) is 11.8. The Kier molecular flexibility index (Phi) is 4.13. The lowest BCUT2D eigenvalue weighted by Crippen LogP contribution is -2.30. The van der Waals surface area contributed by atoms with Crippen molar-refractivity contribution >= 4 is 10.0 Å². The molecule has 0 aromatic heterocycles. The van der Waals surface area contributed by atoms with Crippen LogP contribution in [-0.2, 0) is 10.0 Å². The van der Waals surface area contributed by atoms with Gasteiger partial charge >= 0.3 is 0 Å². The van der Waals surface area contributed by atoms with E-state index >= 15 is 0 Å². The maximum absolute atomic E-state index is 12.9. The van der Waals surface area contributed by atoms with Gasteiger partial charge in [0.25, 0.3) is 0 Å². The Bertz CT molecular complexity index is 759. The standard InChI is InChI=1S/C16H16FNO3S/c17-13-5-7-14(8-6-13)22(19,20)18-11-12-9-10-21-16-4-2-1-3-15(12)16/h1-8,12,18H,9-11H2. The summed E-state index contributed by atoms with van der Waals surface area (Å²) in [5.41, 5.74) is 1.01. The topological polar surface area (TPSA) is 55.4 Å². The van der Waals surface area contributed by atoms with Gasteiger partial charge in [-0.1, -0.05) is 18.2 Å². The summed E-state index contributed by atoms with van der Waals surface area (Å²) in [6.45, 7) is 0.861.